The number of carbonyl (C=O) groups is 1. The summed E-state index contributed by atoms with van der Waals surface area (Å²) in [7, 11) is 0. The summed E-state index contributed by atoms with van der Waals surface area (Å²) >= 11 is 0. The molecule has 38 heavy (non-hydrogen) atoms. The van der Waals surface area contributed by atoms with E-state index in [1.807, 2.05) is 72.8 Å². The summed E-state index contributed by atoms with van der Waals surface area (Å²) in [4.78, 5) is 13.1. The molecular formula is C35H38O3. The lowest BCUT2D eigenvalue weighted by Gasteiger charge is -2.25. The fraction of sp³-hybridized carbons (Fsp3) is 0.286. The van der Waals surface area contributed by atoms with E-state index in [1.165, 1.54) is 5.56 Å². The zero-order valence-corrected chi connectivity index (χ0v) is 23.4. The van der Waals surface area contributed by atoms with Gasteiger partial charge in [0.2, 0.25) is 0 Å². The Labute approximate surface area is 227 Å². The van der Waals surface area contributed by atoms with Gasteiger partial charge in [0, 0.05) is 16.7 Å². The molecule has 0 saturated heterocycles. The smallest absolute Gasteiger partial charge is 0.193 e. The maximum Gasteiger partial charge on any atom is 0.193 e. The Morgan fingerprint density at radius 3 is 1.84 bits per heavy atom. The van der Waals surface area contributed by atoms with Crippen LogP contribution in [0.15, 0.2) is 97.1 Å². The van der Waals surface area contributed by atoms with Gasteiger partial charge in [0.1, 0.15) is 22.8 Å². The van der Waals surface area contributed by atoms with Crippen molar-refractivity contribution in [1.29, 1.82) is 0 Å². The topological polar surface area (TPSA) is 35.5 Å². The lowest BCUT2D eigenvalue weighted by molar-refractivity contribution is 0.103. The molecule has 3 nitrogen and oxygen atoms in total. The zero-order chi connectivity index (χ0) is 27.3. The Balaban J connectivity index is 1.56. The first-order valence-electron chi connectivity index (χ1n) is 13.4. The second-order valence-electron chi connectivity index (χ2n) is 11.0. The number of benzene rings is 4. The van der Waals surface area contributed by atoms with Crippen LogP contribution in [0.2, 0.25) is 0 Å². The molecular weight excluding hydrogens is 468 g/mol. The SMILES string of the molecule is CCC(C)(C)Oc1ccc(Oc2ccc(C(=O)c3ccc(C(C)(C)CC)cc3)cc2)c(-c2ccccc2)c1. The van der Waals surface area contributed by atoms with Gasteiger partial charge in [-0.05, 0) is 85.7 Å². The lowest BCUT2D eigenvalue weighted by Crippen LogP contribution is -2.26. The van der Waals surface area contributed by atoms with Crippen molar-refractivity contribution in [2.24, 2.45) is 0 Å². The van der Waals surface area contributed by atoms with Crippen LogP contribution >= 0.6 is 0 Å². The second kappa shape index (κ2) is 11.3. The van der Waals surface area contributed by atoms with Crippen LogP contribution in [0.5, 0.6) is 17.2 Å². The van der Waals surface area contributed by atoms with Crippen LogP contribution in [0, 0.1) is 0 Å². The molecule has 0 aromatic heterocycles. The highest BCUT2D eigenvalue weighted by Crippen LogP contribution is 2.37. The second-order valence-corrected chi connectivity index (χ2v) is 11.0. The van der Waals surface area contributed by atoms with Gasteiger partial charge in [-0.3, -0.25) is 4.79 Å². The van der Waals surface area contributed by atoms with Crippen LogP contribution in [-0.2, 0) is 5.41 Å². The average molecular weight is 507 g/mol. The van der Waals surface area contributed by atoms with E-state index in [4.69, 9.17) is 9.47 Å². The van der Waals surface area contributed by atoms with Gasteiger partial charge in [0.25, 0.3) is 0 Å². The lowest BCUT2D eigenvalue weighted by atomic mass is 9.82. The van der Waals surface area contributed by atoms with Gasteiger partial charge in [-0.25, -0.2) is 0 Å². The summed E-state index contributed by atoms with van der Waals surface area (Å²) < 4.78 is 12.6. The third-order valence-electron chi connectivity index (χ3n) is 7.44. The minimum absolute atomic E-state index is 0.00224. The molecule has 0 fully saturated rings. The molecule has 0 atom stereocenters. The number of hydrogen-bond acceptors (Lipinski definition) is 3. The average Bonchev–Trinajstić information content (AvgIpc) is 2.94. The van der Waals surface area contributed by atoms with E-state index in [1.54, 1.807) is 0 Å². The van der Waals surface area contributed by atoms with Crippen LogP contribution in [-0.4, -0.2) is 11.4 Å². The van der Waals surface area contributed by atoms with Crippen molar-refractivity contribution in [2.75, 3.05) is 0 Å². The van der Waals surface area contributed by atoms with Gasteiger partial charge in [0.15, 0.2) is 5.78 Å². The standard InChI is InChI=1S/C35H38O3/c1-7-34(3,4)28-18-14-26(15-19-28)33(36)27-16-20-29(21-17-27)37-32-23-22-30(38-35(5,6)8-2)24-31(32)25-12-10-9-11-13-25/h9-24H,7-8H2,1-6H3. The van der Waals surface area contributed by atoms with E-state index in [0.29, 0.717) is 16.9 Å². The summed E-state index contributed by atoms with van der Waals surface area (Å²) in [6.45, 7) is 12.9. The molecule has 0 heterocycles. The first-order chi connectivity index (χ1) is 18.1. The summed E-state index contributed by atoms with van der Waals surface area (Å²) in [6, 6.07) is 31.4. The number of ether oxygens (including phenoxy) is 2. The number of carbonyl (C=O) groups excluding carboxylic acids is 1. The Hall–Kier alpha value is -3.85. The fourth-order valence-corrected chi connectivity index (χ4v) is 4.14. The van der Waals surface area contributed by atoms with Gasteiger partial charge in [-0.2, -0.15) is 0 Å². The van der Waals surface area contributed by atoms with E-state index in [0.717, 1.165) is 35.5 Å². The van der Waals surface area contributed by atoms with Crippen LogP contribution in [0.1, 0.15) is 75.9 Å². The molecule has 0 aliphatic heterocycles. The molecule has 0 aliphatic rings. The van der Waals surface area contributed by atoms with Crippen molar-refractivity contribution in [3.05, 3.63) is 114 Å². The van der Waals surface area contributed by atoms with Gasteiger partial charge in [-0.15, -0.1) is 0 Å². The van der Waals surface area contributed by atoms with Crippen LogP contribution in [0.4, 0.5) is 0 Å². The minimum atomic E-state index is -0.259. The van der Waals surface area contributed by atoms with Crippen molar-refractivity contribution in [3.8, 4) is 28.4 Å². The minimum Gasteiger partial charge on any atom is -0.488 e. The first-order valence-corrected chi connectivity index (χ1v) is 13.4. The van der Waals surface area contributed by atoms with Crippen molar-refractivity contribution in [3.63, 3.8) is 0 Å². The summed E-state index contributed by atoms with van der Waals surface area (Å²) in [6.07, 6.45) is 1.94. The largest absolute Gasteiger partial charge is 0.488 e. The van der Waals surface area contributed by atoms with Crippen molar-refractivity contribution < 1.29 is 14.3 Å². The Bertz CT molecular complexity index is 1370. The predicted molar refractivity (Wildman–Crippen MR) is 157 cm³/mol. The Kier molecular flexibility index (Phi) is 8.06. The molecule has 0 saturated carbocycles. The highest BCUT2D eigenvalue weighted by molar-refractivity contribution is 6.09. The van der Waals surface area contributed by atoms with Crippen molar-refractivity contribution in [1.82, 2.24) is 0 Å². The summed E-state index contributed by atoms with van der Waals surface area (Å²) in [5, 5.41) is 0. The molecule has 0 N–H and O–H groups in total. The molecule has 4 aromatic carbocycles. The summed E-state index contributed by atoms with van der Waals surface area (Å²) in [5.74, 6) is 2.20. The number of ketones is 1. The molecule has 4 rings (SSSR count). The van der Waals surface area contributed by atoms with E-state index in [9.17, 15) is 4.79 Å². The van der Waals surface area contributed by atoms with Gasteiger partial charge in [-0.1, -0.05) is 82.3 Å². The third-order valence-corrected chi connectivity index (χ3v) is 7.44. The van der Waals surface area contributed by atoms with Gasteiger partial charge >= 0.3 is 0 Å². The van der Waals surface area contributed by atoms with Crippen LogP contribution < -0.4 is 9.47 Å². The molecule has 0 unspecified atom stereocenters. The zero-order valence-electron chi connectivity index (χ0n) is 23.4. The molecule has 0 aliphatic carbocycles. The molecule has 0 amide bonds. The molecule has 3 heteroatoms. The third kappa shape index (κ3) is 6.34. The number of rotatable bonds is 10. The van der Waals surface area contributed by atoms with Crippen LogP contribution in [0.3, 0.4) is 0 Å². The molecule has 0 radical (unpaired) electrons. The summed E-state index contributed by atoms with van der Waals surface area (Å²) in [5.41, 5.74) is 4.39. The molecule has 0 bridgehead atoms. The normalized spacial score (nSPS) is 11.7. The molecule has 4 aromatic rings. The quantitative estimate of drug-likeness (QED) is 0.201. The Morgan fingerprint density at radius 1 is 0.684 bits per heavy atom. The maximum atomic E-state index is 13.1. The maximum absolute atomic E-state index is 13.1. The van der Waals surface area contributed by atoms with Crippen molar-refractivity contribution >= 4 is 5.78 Å². The van der Waals surface area contributed by atoms with E-state index >= 15 is 0 Å². The first kappa shape index (κ1) is 27.2. The fourth-order valence-electron chi connectivity index (χ4n) is 4.14. The van der Waals surface area contributed by atoms with E-state index < -0.39 is 0 Å². The predicted octanol–water partition coefficient (Wildman–Crippen LogP) is 9.63. The molecule has 0 spiro atoms. The Morgan fingerprint density at radius 2 is 1.26 bits per heavy atom. The van der Waals surface area contributed by atoms with Gasteiger partial charge in [0.05, 0.1) is 0 Å². The van der Waals surface area contributed by atoms with E-state index in [2.05, 4.69) is 65.8 Å². The van der Waals surface area contributed by atoms with Crippen molar-refractivity contribution in [2.45, 2.75) is 65.4 Å². The number of hydrogen-bond donors (Lipinski definition) is 0. The van der Waals surface area contributed by atoms with Crippen LogP contribution in [0.25, 0.3) is 11.1 Å². The van der Waals surface area contributed by atoms with Gasteiger partial charge < -0.3 is 9.47 Å². The highest BCUT2D eigenvalue weighted by atomic mass is 16.5. The highest BCUT2D eigenvalue weighted by Gasteiger charge is 2.20. The van der Waals surface area contributed by atoms with E-state index in [-0.39, 0.29) is 16.8 Å². The monoisotopic (exact) mass is 506 g/mol. The molecule has 196 valence electrons.